The standard InChI is InChI=1S/C16H25NO/c1-12-9-10-14(11-15(12)18-3)16(17-2)13-7-5-4-6-8-13/h9-11,13,16-17H,4-8H2,1-3H3. The van der Waals surface area contributed by atoms with Crippen molar-refractivity contribution in [3.8, 4) is 5.75 Å². The summed E-state index contributed by atoms with van der Waals surface area (Å²) in [5.74, 6) is 1.78. The molecule has 2 rings (SSSR count). The molecule has 1 aliphatic carbocycles. The fourth-order valence-corrected chi connectivity index (χ4v) is 3.17. The largest absolute Gasteiger partial charge is 0.496 e. The van der Waals surface area contributed by atoms with Crippen LogP contribution in [0.25, 0.3) is 0 Å². The van der Waals surface area contributed by atoms with Gasteiger partial charge in [-0.2, -0.15) is 0 Å². The highest BCUT2D eigenvalue weighted by Gasteiger charge is 2.24. The summed E-state index contributed by atoms with van der Waals surface area (Å²) < 4.78 is 5.44. The Labute approximate surface area is 111 Å². The molecule has 1 unspecified atom stereocenters. The summed E-state index contributed by atoms with van der Waals surface area (Å²) in [6.07, 6.45) is 6.87. The number of aryl methyl sites for hydroxylation is 1. The molecule has 1 saturated carbocycles. The van der Waals surface area contributed by atoms with Crippen molar-refractivity contribution in [2.75, 3.05) is 14.2 Å². The lowest BCUT2D eigenvalue weighted by atomic mass is 9.81. The Morgan fingerprint density at radius 3 is 2.56 bits per heavy atom. The molecule has 0 bridgehead atoms. The van der Waals surface area contributed by atoms with Gasteiger partial charge in [-0.15, -0.1) is 0 Å². The van der Waals surface area contributed by atoms with Crippen LogP contribution in [0.15, 0.2) is 18.2 Å². The van der Waals surface area contributed by atoms with Crippen LogP contribution in [-0.4, -0.2) is 14.2 Å². The second-order valence-corrected chi connectivity index (χ2v) is 5.39. The summed E-state index contributed by atoms with van der Waals surface area (Å²) in [7, 11) is 3.83. The molecule has 1 fully saturated rings. The van der Waals surface area contributed by atoms with Gasteiger partial charge in [0.05, 0.1) is 7.11 Å². The highest BCUT2D eigenvalue weighted by Crippen LogP contribution is 2.35. The molecule has 0 heterocycles. The lowest BCUT2D eigenvalue weighted by molar-refractivity contribution is 0.281. The Morgan fingerprint density at radius 2 is 1.94 bits per heavy atom. The van der Waals surface area contributed by atoms with Crippen molar-refractivity contribution in [3.63, 3.8) is 0 Å². The monoisotopic (exact) mass is 247 g/mol. The van der Waals surface area contributed by atoms with Crippen molar-refractivity contribution in [1.82, 2.24) is 5.32 Å². The van der Waals surface area contributed by atoms with E-state index < -0.39 is 0 Å². The predicted molar refractivity (Wildman–Crippen MR) is 76.1 cm³/mol. The maximum atomic E-state index is 5.44. The van der Waals surface area contributed by atoms with Gasteiger partial charge in [-0.05, 0) is 49.9 Å². The number of methoxy groups -OCH3 is 1. The van der Waals surface area contributed by atoms with Gasteiger partial charge in [0.1, 0.15) is 5.75 Å². The normalized spacial score (nSPS) is 18.6. The molecule has 0 radical (unpaired) electrons. The maximum Gasteiger partial charge on any atom is 0.122 e. The van der Waals surface area contributed by atoms with E-state index in [4.69, 9.17) is 4.74 Å². The van der Waals surface area contributed by atoms with Crippen LogP contribution in [-0.2, 0) is 0 Å². The van der Waals surface area contributed by atoms with Crippen molar-refractivity contribution in [1.29, 1.82) is 0 Å². The highest BCUT2D eigenvalue weighted by atomic mass is 16.5. The molecule has 1 N–H and O–H groups in total. The van der Waals surface area contributed by atoms with Crippen LogP contribution < -0.4 is 10.1 Å². The lowest BCUT2D eigenvalue weighted by Crippen LogP contribution is -2.27. The predicted octanol–water partition coefficient (Wildman–Crippen LogP) is 3.84. The Morgan fingerprint density at radius 1 is 1.22 bits per heavy atom. The Bertz CT molecular complexity index is 383. The molecular formula is C16H25NO. The Balaban J connectivity index is 2.20. The van der Waals surface area contributed by atoms with Crippen LogP contribution in [0, 0.1) is 12.8 Å². The van der Waals surface area contributed by atoms with Crippen LogP contribution in [0.3, 0.4) is 0 Å². The van der Waals surface area contributed by atoms with Crippen LogP contribution in [0.4, 0.5) is 0 Å². The van der Waals surface area contributed by atoms with Crippen molar-refractivity contribution >= 4 is 0 Å². The molecular weight excluding hydrogens is 222 g/mol. The molecule has 2 heteroatoms. The molecule has 0 amide bonds. The zero-order valence-corrected chi connectivity index (χ0v) is 11.8. The van der Waals surface area contributed by atoms with Gasteiger partial charge < -0.3 is 10.1 Å². The van der Waals surface area contributed by atoms with E-state index in [0.29, 0.717) is 6.04 Å². The van der Waals surface area contributed by atoms with Crippen LogP contribution in [0.2, 0.25) is 0 Å². The van der Waals surface area contributed by atoms with Gasteiger partial charge in [-0.3, -0.25) is 0 Å². The molecule has 18 heavy (non-hydrogen) atoms. The van der Waals surface area contributed by atoms with E-state index in [-0.39, 0.29) is 0 Å². The molecule has 1 aromatic rings. The second-order valence-electron chi connectivity index (χ2n) is 5.39. The fourth-order valence-electron chi connectivity index (χ4n) is 3.17. The maximum absolute atomic E-state index is 5.44. The van der Waals surface area contributed by atoms with Gasteiger partial charge in [0.25, 0.3) is 0 Å². The van der Waals surface area contributed by atoms with E-state index in [0.717, 1.165) is 11.7 Å². The molecule has 2 nitrogen and oxygen atoms in total. The zero-order valence-electron chi connectivity index (χ0n) is 11.8. The zero-order chi connectivity index (χ0) is 13.0. The smallest absolute Gasteiger partial charge is 0.122 e. The topological polar surface area (TPSA) is 21.3 Å². The number of rotatable bonds is 4. The third kappa shape index (κ3) is 2.86. The third-order valence-corrected chi connectivity index (χ3v) is 4.22. The summed E-state index contributed by atoms with van der Waals surface area (Å²) in [6.45, 7) is 2.09. The average Bonchev–Trinajstić information content (AvgIpc) is 2.42. The van der Waals surface area contributed by atoms with Gasteiger partial charge >= 0.3 is 0 Å². The van der Waals surface area contributed by atoms with E-state index >= 15 is 0 Å². The Hall–Kier alpha value is -1.02. The highest BCUT2D eigenvalue weighted by molar-refractivity contribution is 5.38. The van der Waals surface area contributed by atoms with Gasteiger partial charge in [-0.25, -0.2) is 0 Å². The first kappa shape index (κ1) is 13.4. The fraction of sp³-hybridized carbons (Fsp3) is 0.625. The molecule has 0 aromatic heterocycles. The number of hydrogen-bond donors (Lipinski definition) is 1. The first-order valence-corrected chi connectivity index (χ1v) is 7.08. The third-order valence-electron chi connectivity index (χ3n) is 4.22. The summed E-state index contributed by atoms with van der Waals surface area (Å²) in [5, 5.41) is 3.50. The van der Waals surface area contributed by atoms with Gasteiger partial charge in [0, 0.05) is 6.04 Å². The molecule has 0 saturated heterocycles. The second kappa shape index (κ2) is 6.24. The van der Waals surface area contributed by atoms with Crippen LogP contribution >= 0.6 is 0 Å². The quantitative estimate of drug-likeness (QED) is 0.872. The average molecular weight is 247 g/mol. The molecule has 1 aromatic carbocycles. The SMILES string of the molecule is CNC(c1ccc(C)c(OC)c1)C1CCCCC1. The Kier molecular flexibility index (Phi) is 4.65. The van der Waals surface area contributed by atoms with E-state index in [1.165, 1.54) is 43.2 Å². The van der Waals surface area contributed by atoms with E-state index in [1.54, 1.807) is 7.11 Å². The molecule has 0 spiro atoms. The minimum Gasteiger partial charge on any atom is -0.496 e. The van der Waals surface area contributed by atoms with E-state index in [9.17, 15) is 0 Å². The van der Waals surface area contributed by atoms with Gasteiger partial charge in [-0.1, -0.05) is 31.4 Å². The summed E-state index contributed by atoms with van der Waals surface area (Å²) in [6, 6.07) is 7.08. The first-order chi connectivity index (χ1) is 8.76. The minimum absolute atomic E-state index is 0.472. The van der Waals surface area contributed by atoms with Crippen molar-refractivity contribution < 1.29 is 4.74 Å². The molecule has 0 aliphatic heterocycles. The van der Waals surface area contributed by atoms with Crippen molar-refractivity contribution in [3.05, 3.63) is 29.3 Å². The van der Waals surface area contributed by atoms with Crippen molar-refractivity contribution in [2.45, 2.75) is 45.1 Å². The summed E-state index contributed by atoms with van der Waals surface area (Å²) >= 11 is 0. The number of ether oxygens (including phenoxy) is 1. The van der Waals surface area contributed by atoms with Crippen LogP contribution in [0.1, 0.15) is 49.3 Å². The number of hydrogen-bond acceptors (Lipinski definition) is 2. The molecule has 1 aliphatic rings. The number of benzene rings is 1. The summed E-state index contributed by atoms with van der Waals surface area (Å²) in [4.78, 5) is 0. The summed E-state index contributed by atoms with van der Waals surface area (Å²) in [5.41, 5.74) is 2.58. The van der Waals surface area contributed by atoms with Gasteiger partial charge in [0.2, 0.25) is 0 Å². The molecule has 1 atom stereocenters. The van der Waals surface area contributed by atoms with Crippen molar-refractivity contribution in [2.24, 2.45) is 5.92 Å². The molecule has 100 valence electrons. The van der Waals surface area contributed by atoms with E-state index in [2.05, 4.69) is 37.5 Å². The van der Waals surface area contributed by atoms with Gasteiger partial charge in [0.15, 0.2) is 0 Å². The minimum atomic E-state index is 0.472. The van der Waals surface area contributed by atoms with E-state index in [1.807, 2.05) is 0 Å². The number of nitrogens with one attached hydrogen (secondary N) is 1. The first-order valence-electron chi connectivity index (χ1n) is 7.08. The van der Waals surface area contributed by atoms with Crippen LogP contribution in [0.5, 0.6) is 5.75 Å². The lowest BCUT2D eigenvalue weighted by Gasteiger charge is -2.30.